The number of rotatable bonds is 7. The van der Waals surface area contributed by atoms with E-state index < -0.39 is 6.04 Å². The van der Waals surface area contributed by atoms with Crippen molar-refractivity contribution in [1.82, 2.24) is 4.57 Å². The zero-order valence-corrected chi connectivity index (χ0v) is 11.3. The van der Waals surface area contributed by atoms with Crippen LogP contribution in [0.25, 0.3) is 0 Å². The van der Waals surface area contributed by atoms with E-state index in [0.717, 1.165) is 12.7 Å². The Bertz CT molecular complexity index is 397. The topological polar surface area (TPSA) is 48.3 Å². The van der Waals surface area contributed by atoms with Gasteiger partial charge in [-0.25, -0.2) is 4.79 Å². The minimum atomic E-state index is -0.407. The molecule has 0 aliphatic rings. The fourth-order valence-corrected chi connectivity index (χ4v) is 1.90. The first-order chi connectivity index (χ1) is 8.63. The number of nitrogens with zero attached hydrogens (tertiary/aromatic N) is 1. The molecule has 0 spiro atoms. The van der Waals surface area contributed by atoms with Crippen LogP contribution in [0.1, 0.15) is 50.1 Å². The highest BCUT2D eigenvalue weighted by Crippen LogP contribution is 2.23. The highest BCUT2D eigenvalue weighted by atomic mass is 16.5. The lowest BCUT2D eigenvalue weighted by Crippen LogP contribution is -2.24. The van der Waals surface area contributed by atoms with Crippen molar-refractivity contribution in [3.63, 3.8) is 0 Å². The highest BCUT2D eigenvalue weighted by Gasteiger charge is 2.24. The average molecular weight is 251 g/mol. The second-order valence-electron chi connectivity index (χ2n) is 4.48. The molecule has 0 aromatic carbocycles. The van der Waals surface area contributed by atoms with E-state index in [0.29, 0.717) is 24.6 Å². The molecule has 0 bridgehead atoms. The SMILES string of the molecule is CCOC(=O)[C@@H](CC(C)CC)n1cccc1C=O. The highest BCUT2D eigenvalue weighted by molar-refractivity contribution is 5.78. The third-order valence-electron chi connectivity index (χ3n) is 3.15. The fourth-order valence-electron chi connectivity index (χ4n) is 1.90. The summed E-state index contributed by atoms with van der Waals surface area (Å²) in [6.07, 6.45) is 4.20. The normalized spacial score (nSPS) is 13.9. The van der Waals surface area contributed by atoms with E-state index in [1.807, 2.05) is 0 Å². The molecule has 0 fully saturated rings. The predicted octanol–water partition coefficient (Wildman–Crippen LogP) is 2.84. The third kappa shape index (κ3) is 3.45. The van der Waals surface area contributed by atoms with Crippen LogP contribution in [-0.2, 0) is 9.53 Å². The molecule has 0 aliphatic carbocycles. The number of hydrogen-bond donors (Lipinski definition) is 0. The second kappa shape index (κ2) is 6.99. The zero-order valence-electron chi connectivity index (χ0n) is 11.3. The molecule has 1 rings (SSSR count). The van der Waals surface area contributed by atoms with E-state index in [1.54, 1.807) is 29.8 Å². The molecule has 1 aromatic rings. The fraction of sp³-hybridized carbons (Fsp3) is 0.571. The van der Waals surface area contributed by atoms with Crippen molar-refractivity contribution < 1.29 is 14.3 Å². The van der Waals surface area contributed by atoms with Gasteiger partial charge in [0.2, 0.25) is 0 Å². The van der Waals surface area contributed by atoms with Crippen LogP contribution < -0.4 is 0 Å². The van der Waals surface area contributed by atoms with Gasteiger partial charge < -0.3 is 9.30 Å². The van der Waals surface area contributed by atoms with E-state index >= 15 is 0 Å². The molecule has 0 N–H and O–H groups in total. The van der Waals surface area contributed by atoms with E-state index in [2.05, 4.69) is 13.8 Å². The molecule has 1 heterocycles. The first-order valence-corrected chi connectivity index (χ1v) is 6.42. The third-order valence-corrected chi connectivity index (χ3v) is 3.15. The van der Waals surface area contributed by atoms with Gasteiger partial charge in [0.25, 0.3) is 0 Å². The van der Waals surface area contributed by atoms with Gasteiger partial charge in [0.1, 0.15) is 6.04 Å². The molecule has 1 aromatic heterocycles. The van der Waals surface area contributed by atoms with E-state index in [4.69, 9.17) is 4.74 Å². The molecule has 0 aliphatic heterocycles. The minimum absolute atomic E-state index is 0.267. The molecule has 0 radical (unpaired) electrons. The summed E-state index contributed by atoms with van der Waals surface area (Å²) < 4.78 is 6.80. The molecule has 0 saturated heterocycles. The van der Waals surface area contributed by atoms with Crippen molar-refractivity contribution in [2.24, 2.45) is 5.92 Å². The largest absolute Gasteiger partial charge is 0.464 e. The summed E-state index contributed by atoms with van der Waals surface area (Å²) in [5, 5.41) is 0. The number of ether oxygens (including phenoxy) is 1. The maximum atomic E-state index is 12.0. The Labute approximate surface area is 108 Å². The summed E-state index contributed by atoms with van der Waals surface area (Å²) in [5.74, 6) is 0.137. The summed E-state index contributed by atoms with van der Waals surface area (Å²) in [6.45, 7) is 6.32. The van der Waals surface area contributed by atoms with E-state index in [1.165, 1.54) is 0 Å². The van der Waals surface area contributed by atoms with Crippen molar-refractivity contribution in [2.75, 3.05) is 6.61 Å². The van der Waals surface area contributed by atoms with Gasteiger partial charge in [0.15, 0.2) is 6.29 Å². The van der Waals surface area contributed by atoms with Crippen LogP contribution in [0, 0.1) is 5.92 Å². The number of carbonyl (C=O) groups excluding carboxylic acids is 2. The summed E-state index contributed by atoms with van der Waals surface area (Å²) >= 11 is 0. The molecule has 0 amide bonds. The molecule has 2 atom stereocenters. The van der Waals surface area contributed by atoms with Gasteiger partial charge >= 0.3 is 5.97 Å². The first kappa shape index (κ1) is 14.5. The van der Waals surface area contributed by atoms with Gasteiger partial charge in [-0.2, -0.15) is 0 Å². The lowest BCUT2D eigenvalue weighted by Gasteiger charge is -2.21. The number of esters is 1. The Hall–Kier alpha value is -1.58. The van der Waals surface area contributed by atoms with Gasteiger partial charge in [0, 0.05) is 6.20 Å². The predicted molar refractivity (Wildman–Crippen MR) is 69.6 cm³/mol. The summed E-state index contributed by atoms with van der Waals surface area (Å²) in [4.78, 5) is 23.0. The first-order valence-electron chi connectivity index (χ1n) is 6.42. The number of aldehydes is 1. The molecule has 18 heavy (non-hydrogen) atoms. The van der Waals surface area contributed by atoms with Gasteiger partial charge in [0.05, 0.1) is 12.3 Å². The Morgan fingerprint density at radius 1 is 1.50 bits per heavy atom. The van der Waals surface area contributed by atoms with Crippen molar-refractivity contribution in [3.8, 4) is 0 Å². The summed E-state index contributed by atoms with van der Waals surface area (Å²) in [5.41, 5.74) is 0.511. The number of hydrogen-bond acceptors (Lipinski definition) is 3. The van der Waals surface area contributed by atoms with Crippen LogP contribution >= 0.6 is 0 Å². The Kier molecular flexibility index (Phi) is 5.62. The maximum absolute atomic E-state index is 12.0. The lowest BCUT2D eigenvalue weighted by atomic mass is 9.99. The van der Waals surface area contributed by atoms with Crippen LogP contribution in [0.15, 0.2) is 18.3 Å². The van der Waals surface area contributed by atoms with Gasteiger partial charge in [-0.3, -0.25) is 4.79 Å². The van der Waals surface area contributed by atoms with E-state index in [-0.39, 0.29) is 5.97 Å². The maximum Gasteiger partial charge on any atom is 0.329 e. The molecular formula is C14H21NO3. The van der Waals surface area contributed by atoms with Crippen LogP contribution in [0.2, 0.25) is 0 Å². The van der Waals surface area contributed by atoms with Gasteiger partial charge in [-0.1, -0.05) is 20.3 Å². The lowest BCUT2D eigenvalue weighted by molar-refractivity contribution is -0.147. The summed E-state index contributed by atoms with van der Waals surface area (Å²) in [7, 11) is 0. The second-order valence-corrected chi connectivity index (χ2v) is 4.48. The average Bonchev–Trinajstić information content (AvgIpc) is 2.83. The Morgan fingerprint density at radius 2 is 2.22 bits per heavy atom. The van der Waals surface area contributed by atoms with Crippen molar-refractivity contribution in [2.45, 2.75) is 39.7 Å². The quantitative estimate of drug-likeness (QED) is 0.553. The van der Waals surface area contributed by atoms with Crippen LogP contribution in [0.4, 0.5) is 0 Å². The van der Waals surface area contributed by atoms with Crippen molar-refractivity contribution >= 4 is 12.3 Å². The van der Waals surface area contributed by atoms with Crippen LogP contribution in [0.3, 0.4) is 0 Å². The molecule has 1 unspecified atom stereocenters. The molecular weight excluding hydrogens is 230 g/mol. The van der Waals surface area contributed by atoms with E-state index in [9.17, 15) is 9.59 Å². The number of carbonyl (C=O) groups is 2. The van der Waals surface area contributed by atoms with Crippen LogP contribution in [-0.4, -0.2) is 23.4 Å². The minimum Gasteiger partial charge on any atom is -0.464 e. The van der Waals surface area contributed by atoms with Crippen molar-refractivity contribution in [1.29, 1.82) is 0 Å². The van der Waals surface area contributed by atoms with Crippen molar-refractivity contribution in [3.05, 3.63) is 24.0 Å². The molecule has 100 valence electrons. The number of aromatic nitrogens is 1. The summed E-state index contributed by atoms with van der Waals surface area (Å²) in [6, 6.07) is 3.07. The molecule has 4 heteroatoms. The Balaban J connectivity index is 2.96. The standard InChI is InChI=1S/C14H21NO3/c1-4-11(3)9-13(14(17)18-5-2)15-8-6-7-12(15)10-16/h6-8,10-11,13H,4-5,9H2,1-3H3/t11?,13-/m1/s1. The van der Waals surface area contributed by atoms with Crippen LogP contribution in [0.5, 0.6) is 0 Å². The smallest absolute Gasteiger partial charge is 0.329 e. The molecule has 0 saturated carbocycles. The molecule has 4 nitrogen and oxygen atoms in total. The monoisotopic (exact) mass is 251 g/mol. The Morgan fingerprint density at radius 3 is 2.78 bits per heavy atom. The zero-order chi connectivity index (χ0) is 13.5. The van der Waals surface area contributed by atoms with Gasteiger partial charge in [-0.15, -0.1) is 0 Å². The van der Waals surface area contributed by atoms with Gasteiger partial charge in [-0.05, 0) is 31.4 Å².